The van der Waals surface area contributed by atoms with Crippen LogP contribution in [0.3, 0.4) is 0 Å². The van der Waals surface area contributed by atoms with Crippen LogP contribution in [0.25, 0.3) is 5.32 Å². The Morgan fingerprint density at radius 3 is 1.69 bits per heavy atom. The molecule has 5 aliphatic rings. The Labute approximate surface area is 381 Å². The van der Waals surface area contributed by atoms with Crippen LogP contribution in [0, 0.1) is 45.3 Å². The molecular weight excluding hydrogens is 877 g/mol. The van der Waals surface area contributed by atoms with E-state index in [-0.39, 0.29) is 67.4 Å². The zero-order chi connectivity index (χ0) is 47.4. The van der Waals surface area contributed by atoms with Gasteiger partial charge in [0.25, 0.3) is 0 Å². The number of carbonyl (C=O) groups excluding carboxylic acids is 1. The van der Waals surface area contributed by atoms with Crippen molar-refractivity contribution in [3.05, 3.63) is 39.6 Å². The topological polar surface area (TPSA) is 318 Å². The van der Waals surface area contributed by atoms with Crippen molar-refractivity contribution in [2.24, 2.45) is 66.0 Å². The number of nitrogens with two attached hydrogens (primary N) is 1. The monoisotopic (exact) mass is 937 g/mol. The number of carboxylic acid groups (broad SMARTS) is 6. The molecule has 0 spiro atoms. The summed E-state index contributed by atoms with van der Waals surface area (Å²) in [5.41, 5.74) is 2.35. The number of carbonyl (C=O) groups is 7. The Bertz CT molecular complexity index is 2230. The molecular formula is C45H60CoN5O13-. The van der Waals surface area contributed by atoms with E-state index >= 15 is 0 Å². The third kappa shape index (κ3) is 9.06. The maximum absolute atomic E-state index is 13.1. The Balaban J connectivity index is 0.00000898. The van der Waals surface area contributed by atoms with E-state index in [1.165, 1.54) is 0 Å². The minimum atomic E-state index is -1.62. The van der Waals surface area contributed by atoms with Crippen LogP contribution in [0.5, 0.6) is 0 Å². The molecule has 1 saturated heterocycles. The van der Waals surface area contributed by atoms with Crippen molar-refractivity contribution in [2.45, 2.75) is 138 Å². The molecule has 19 heteroatoms. The summed E-state index contributed by atoms with van der Waals surface area (Å²) in [7, 11) is 0. The van der Waals surface area contributed by atoms with Gasteiger partial charge >= 0.3 is 35.8 Å². The molecule has 64 heavy (non-hydrogen) atoms. The number of aliphatic imine (C=N–C) groups is 3. The minimum absolute atomic E-state index is 0. The summed E-state index contributed by atoms with van der Waals surface area (Å²) >= 11 is 0. The first-order valence-corrected chi connectivity index (χ1v) is 21.3. The van der Waals surface area contributed by atoms with Gasteiger partial charge in [-0.1, -0.05) is 40.7 Å². The Morgan fingerprint density at radius 2 is 1.19 bits per heavy atom. The van der Waals surface area contributed by atoms with Gasteiger partial charge in [-0.15, -0.1) is 0 Å². The summed E-state index contributed by atoms with van der Waals surface area (Å²) in [5.74, 6) is -10.9. The quantitative estimate of drug-likeness (QED) is 0.0818. The smallest absolute Gasteiger partial charge is 0.304 e. The summed E-state index contributed by atoms with van der Waals surface area (Å²) < 4.78 is 0. The average Bonchev–Trinajstić information content (AvgIpc) is 3.75. The molecule has 5 rings (SSSR count). The van der Waals surface area contributed by atoms with Crippen molar-refractivity contribution in [1.82, 2.24) is 0 Å². The number of aliphatic carboxylic acids is 6. The van der Waals surface area contributed by atoms with E-state index in [9.17, 15) is 64.2 Å². The molecule has 0 unspecified atom stereocenters. The van der Waals surface area contributed by atoms with Gasteiger partial charge in [-0.3, -0.25) is 48.5 Å². The van der Waals surface area contributed by atoms with Crippen LogP contribution in [0.15, 0.2) is 49.3 Å². The van der Waals surface area contributed by atoms with Crippen LogP contribution in [-0.2, 0) is 50.3 Å². The number of allylic oxidation sites excluding steroid dienone is 6. The van der Waals surface area contributed by atoms with E-state index in [4.69, 9.17) is 26.0 Å². The molecule has 0 aromatic rings. The second-order valence-electron chi connectivity index (χ2n) is 19.5. The maximum Gasteiger partial charge on any atom is 0.304 e. The van der Waals surface area contributed by atoms with Gasteiger partial charge < -0.3 is 41.7 Å². The van der Waals surface area contributed by atoms with Crippen molar-refractivity contribution in [1.29, 1.82) is 0 Å². The first-order chi connectivity index (χ1) is 29.0. The standard InChI is InChI=1S/C45H61N5O13.Co/c1-21-36-24(10-13-31(54)55)41(3,4)28(48-36)18-27-23(9-12-30(52)53)43(6,19-29(46)51)39(47-27)22(2)37-25(11-14-32(56)57)44(7,20-35(62)63)45(8,50-37)40-26(17-34(60)61)42(5,38(21)49-40)16-15-33(58)59;/h18,23-26,40H,9-17,19-20H2,1-8H3,(H9,46,47,48,49,50,51,52,53,54,55,56,57,58,59,60,61,62,63);/p-1/t23-,24-,25-,26+,40-,42-,43+,44+,45+;/m1./s1. The molecule has 353 valence electrons. The fraction of sp³-hybridized carbons (Fsp3) is 0.644. The molecule has 1 fully saturated rings. The van der Waals surface area contributed by atoms with Crippen LogP contribution in [0.4, 0.5) is 0 Å². The number of hydrogen-bond donors (Lipinski definition) is 7. The molecule has 0 aromatic heterocycles. The molecule has 5 aliphatic heterocycles. The van der Waals surface area contributed by atoms with Gasteiger partial charge in [0.2, 0.25) is 5.91 Å². The molecule has 1 radical (unpaired) electrons. The zero-order valence-electron chi connectivity index (χ0n) is 37.5. The zero-order valence-corrected chi connectivity index (χ0v) is 38.5. The third-order valence-corrected chi connectivity index (χ3v) is 15.2. The summed E-state index contributed by atoms with van der Waals surface area (Å²) in [6, 6.07) is -1.14. The summed E-state index contributed by atoms with van der Waals surface area (Å²) in [4.78, 5) is 104. The van der Waals surface area contributed by atoms with Gasteiger partial charge in [-0.25, -0.2) is 0 Å². The molecule has 5 heterocycles. The Morgan fingerprint density at radius 1 is 0.656 bits per heavy atom. The number of rotatable bonds is 18. The van der Waals surface area contributed by atoms with Crippen molar-refractivity contribution in [3.8, 4) is 0 Å². The number of nitrogens with zero attached hydrogens (tertiary/aromatic N) is 4. The Kier molecular flexibility index (Phi) is 14.8. The van der Waals surface area contributed by atoms with Crippen LogP contribution in [0.1, 0.15) is 126 Å². The number of carboxylic acids is 6. The molecule has 18 nitrogen and oxygen atoms in total. The molecule has 0 saturated carbocycles. The van der Waals surface area contributed by atoms with E-state index < -0.39 is 124 Å². The summed E-state index contributed by atoms with van der Waals surface area (Å²) in [6.07, 6.45) is -1.16. The van der Waals surface area contributed by atoms with E-state index in [0.29, 0.717) is 39.7 Å². The summed E-state index contributed by atoms with van der Waals surface area (Å²) in [6.45, 7) is 14.0. The van der Waals surface area contributed by atoms with Crippen LogP contribution >= 0.6 is 0 Å². The van der Waals surface area contributed by atoms with E-state index in [1.807, 2.05) is 13.8 Å². The largest absolute Gasteiger partial charge is 0.682 e. The molecule has 8 N–H and O–H groups in total. The molecule has 8 bridgehead atoms. The predicted octanol–water partition coefficient (Wildman–Crippen LogP) is 6.10. The fourth-order valence-corrected chi connectivity index (χ4v) is 11.7. The van der Waals surface area contributed by atoms with Crippen molar-refractivity contribution in [2.75, 3.05) is 0 Å². The minimum Gasteiger partial charge on any atom is -0.682 e. The first-order valence-electron chi connectivity index (χ1n) is 21.3. The van der Waals surface area contributed by atoms with E-state index in [0.717, 1.165) is 0 Å². The predicted molar refractivity (Wildman–Crippen MR) is 229 cm³/mol. The van der Waals surface area contributed by atoms with Gasteiger partial charge in [-0.05, 0) is 75.0 Å². The first kappa shape index (κ1) is 51.5. The van der Waals surface area contributed by atoms with Gasteiger partial charge in [0.1, 0.15) is 0 Å². The molecule has 1 amide bonds. The SMILES string of the molecule is CC1=C2[N-][C@H]([C@H](CC(=O)O)[C@@]2(C)CCC(=O)O)[C@]2(C)N=C(C(C)=C3N=C(C=C4N=C1[C@@H](CCC(=O)O)C4(C)C)[C@@H](CCC(=O)O)[C@]3(C)CC(N)=O)[C@@H](CCC(=O)O)[C@]2(C)CC(=O)O.[Co]. The normalized spacial score (nSPS) is 32.5. The van der Waals surface area contributed by atoms with Gasteiger partial charge in [0.05, 0.1) is 17.7 Å². The second-order valence-corrected chi connectivity index (χ2v) is 19.5. The average molecular weight is 938 g/mol. The second kappa shape index (κ2) is 18.4. The molecule has 9 atom stereocenters. The van der Waals surface area contributed by atoms with Gasteiger partial charge in [-0.2, -0.15) is 5.70 Å². The fourth-order valence-electron chi connectivity index (χ4n) is 11.7. The number of hydrogen-bond acceptors (Lipinski definition) is 10. The number of primary amides is 1. The van der Waals surface area contributed by atoms with Crippen molar-refractivity contribution < 1.29 is 81.0 Å². The van der Waals surface area contributed by atoms with Crippen molar-refractivity contribution in [3.63, 3.8) is 0 Å². The number of fused-ring (bicyclic) bond motifs is 6. The molecule has 0 aromatic carbocycles. The van der Waals surface area contributed by atoms with Gasteiger partial charge in [0, 0.05) is 112 Å². The summed E-state index contributed by atoms with van der Waals surface area (Å²) in [5, 5.41) is 66.5. The van der Waals surface area contributed by atoms with Crippen LogP contribution in [0.2, 0.25) is 0 Å². The van der Waals surface area contributed by atoms with Crippen molar-refractivity contribution >= 4 is 58.9 Å². The van der Waals surface area contributed by atoms with Gasteiger partial charge in [0.15, 0.2) is 0 Å². The maximum atomic E-state index is 13.1. The van der Waals surface area contributed by atoms with E-state index in [2.05, 4.69) is 0 Å². The van der Waals surface area contributed by atoms with Crippen LogP contribution in [-0.4, -0.2) is 101 Å². The third-order valence-electron chi connectivity index (χ3n) is 15.2. The van der Waals surface area contributed by atoms with Crippen LogP contribution < -0.4 is 5.73 Å². The van der Waals surface area contributed by atoms with E-state index in [1.54, 1.807) is 47.6 Å². The molecule has 0 aliphatic carbocycles. The number of amides is 1. The Hall–Kier alpha value is -5.17.